The monoisotopic (exact) mass is 360 g/mol. The van der Waals surface area contributed by atoms with Crippen molar-refractivity contribution >= 4 is 10.1 Å². The molecule has 0 bridgehead atoms. The maximum absolute atomic E-state index is 11.2. The van der Waals surface area contributed by atoms with Crippen LogP contribution in [0.2, 0.25) is 0 Å². The van der Waals surface area contributed by atoms with E-state index in [2.05, 4.69) is 6.92 Å². The van der Waals surface area contributed by atoms with Gasteiger partial charge in [-0.25, -0.2) is 8.42 Å². The van der Waals surface area contributed by atoms with Gasteiger partial charge in [0.2, 0.25) is 0 Å². The van der Waals surface area contributed by atoms with Crippen molar-refractivity contribution in [1.82, 2.24) is 0 Å². The molecule has 0 aliphatic rings. The van der Waals surface area contributed by atoms with Gasteiger partial charge < -0.3 is 9.66 Å². The van der Waals surface area contributed by atoms with E-state index in [4.69, 9.17) is 0 Å². The number of aliphatic hydroxyl groups excluding tert-OH is 1. The molecule has 22 heavy (non-hydrogen) atoms. The van der Waals surface area contributed by atoms with E-state index in [-0.39, 0.29) is 57.5 Å². The Morgan fingerprint density at radius 1 is 0.818 bits per heavy atom. The molecule has 2 atom stereocenters. The van der Waals surface area contributed by atoms with Crippen LogP contribution in [0.3, 0.4) is 0 Å². The maximum atomic E-state index is 11.2. The first-order valence-electron chi connectivity index (χ1n) is 8.54. The summed E-state index contributed by atoms with van der Waals surface area (Å²) in [5, 5.41) is 9.07. The van der Waals surface area contributed by atoms with Gasteiger partial charge in [-0.15, -0.1) is 0 Å². The molecule has 0 aromatic heterocycles. The van der Waals surface area contributed by atoms with E-state index in [1.807, 2.05) is 6.92 Å². The molecular weight excluding hydrogens is 327 g/mol. The SMILES string of the molecule is CCCCCC(O)CCCCCC(CCCC)S(=O)(=O)[O-].[K+]. The summed E-state index contributed by atoms with van der Waals surface area (Å²) in [5.41, 5.74) is 0. The standard InChI is InChI=1S/C16H34O4S.K/c1-3-5-8-11-15(17)12-9-7-10-14-16(13-6-4-2)21(18,19)20;/h15-17H,3-14H2,1-2H3,(H,18,19,20);/q;+1/p-1. The number of rotatable bonds is 14. The van der Waals surface area contributed by atoms with Gasteiger partial charge in [-0.3, -0.25) is 0 Å². The van der Waals surface area contributed by atoms with Crippen molar-refractivity contribution in [2.24, 2.45) is 0 Å². The number of hydrogen-bond donors (Lipinski definition) is 1. The van der Waals surface area contributed by atoms with Gasteiger partial charge >= 0.3 is 51.4 Å². The van der Waals surface area contributed by atoms with Gasteiger partial charge in [0.05, 0.1) is 16.2 Å². The quantitative estimate of drug-likeness (QED) is 0.285. The van der Waals surface area contributed by atoms with Crippen molar-refractivity contribution in [3.63, 3.8) is 0 Å². The fourth-order valence-electron chi connectivity index (χ4n) is 2.57. The Morgan fingerprint density at radius 3 is 1.77 bits per heavy atom. The predicted octanol–water partition coefficient (Wildman–Crippen LogP) is 0.986. The molecule has 0 aliphatic carbocycles. The molecule has 2 unspecified atom stereocenters. The third-order valence-corrected chi connectivity index (χ3v) is 5.28. The van der Waals surface area contributed by atoms with Crippen LogP contribution in [-0.4, -0.2) is 29.4 Å². The van der Waals surface area contributed by atoms with Crippen molar-refractivity contribution in [2.45, 2.75) is 102 Å². The van der Waals surface area contributed by atoms with Crippen LogP contribution < -0.4 is 51.4 Å². The molecule has 0 aliphatic heterocycles. The molecule has 0 fully saturated rings. The molecule has 128 valence electrons. The molecular formula is C16H33KO4S. The zero-order valence-electron chi connectivity index (χ0n) is 14.7. The third-order valence-electron chi connectivity index (χ3n) is 3.99. The smallest absolute Gasteiger partial charge is 0.748 e. The number of aliphatic hydroxyl groups is 1. The van der Waals surface area contributed by atoms with Crippen molar-refractivity contribution in [2.75, 3.05) is 0 Å². The Kier molecular flexibility index (Phi) is 18.7. The van der Waals surface area contributed by atoms with Crippen LogP contribution in [0.25, 0.3) is 0 Å². The molecule has 0 rings (SSSR count). The van der Waals surface area contributed by atoms with E-state index < -0.39 is 15.4 Å². The molecule has 0 amide bonds. The molecule has 0 saturated heterocycles. The van der Waals surface area contributed by atoms with Gasteiger partial charge in [0.15, 0.2) is 0 Å². The third kappa shape index (κ3) is 15.1. The molecule has 0 heterocycles. The topological polar surface area (TPSA) is 77.4 Å². The van der Waals surface area contributed by atoms with E-state index in [1.54, 1.807) is 0 Å². The largest absolute Gasteiger partial charge is 1.00 e. The first-order valence-corrected chi connectivity index (χ1v) is 10.0. The van der Waals surface area contributed by atoms with E-state index >= 15 is 0 Å². The van der Waals surface area contributed by atoms with Crippen molar-refractivity contribution in [3.05, 3.63) is 0 Å². The summed E-state index contributed by atoms with van der Waals surface area (Å²) in [6.07, 6.45) is 10.1. The van der Waals surface area contributed by atoms with Crippen LogP contribution in [0.15, 0.2) is 0 Å². The molecule has 0 aromatic rings. The van der Waals surface area contributed by atoms with Gasteiger partial charge in [-0.05, 0) is 25.7 Å². The van der Waals surface area contributed by atoms with Gasteiger partial charge in [-0.1, -0.05) is 65.2 Å². The molecule has 0 radical (unpaired) electrons. The second kappa shape index (κ2) is 16.0. The Morgan fingerprint density at radius 2 is 1.27 bits per heavy atom. The van der Waals surface area contributed by atoms with E-state index in [0.29, 0.717) is 12.8 Å². The molecule has 0 aromatic carbocycles. The molecule has 0 saturated carbocycles. The zero-order valence-corrected chi connectivity index (χ0v) is 18.7. The second-order valence-corrected chi connectivity index (χ2v) is 7.70. The zero-order chi connectivity index (χ0) is 16.1. The van der Waals surface area contributed by atoms with Crippen LogP contribution in [0.5, 0.6) is 0 Å². The minimum atomic E-state index is -4.15. The number of hydrogen-bond acceptors (Lipinski definition) is 4. The Bertz CT molecular complexity index is 333. The fraction of sp³-hybridized carbons (Fsp3) is 1.00. The Hall–Kier alpha value is 1.51. The minimum Gasteiger partial charge on any atom is -0.748 e. The fourth-order valence-corrected chi connectivity index (χ4v) is 3.48. The van der Waals surface area contributed by atoms with Gasteiger partial charge in [0.1, 0.15) is 0 Å². The van der Waals surface area contributed by atoms with Crippen molar-refractivity contribution in [3.8, 4) is 0 Å². The van der Waals surface area contributed by atoms with Crippen LogP contribution in [0, 0.1) is 0 Å². The van der Waals surface area contributed by atoms with Gasteiger partial charge in [0, 0.05) is 5.25 Å². The van der Waals surface area contributed by atoms with E-state index in [0.717, 1.165) is 64.2 Å². The summed E-state index contributed by atoms with van der Waals surface area (Å²) < 4.78 is 33.5. The van der Waals surface area contributed by atoms with Crippen molar-refractivity contribution in [1.29, 1.82) is 0 Å². The van der Waals surface area contributed by atoms with Crippen LogP contribution in [-0.2, 0) is 10.1 Å². The molecule has 1 N–H and O–H groups in total. The molecule has 0 spiro atoms. The summed E-state index contributed by atoms with van der Waals surface area (Å²) in [7, 11) is -4.15. The average Bonchev–Trinajstić information content (AvgIpc) is 2.40. The van der Waals surface area contributed by atoms with Crippen LogP contribution in [0.1, 0.15) is 90.9 Å². The van der Waals surface area contributed by atoms with Crippen molar-refractivity contribution < 1.29 is 69.5 Å². The maximum Gasteiger partial charge on any atom is 1.00 e. The summed E-state index contributed by atoms with van der Waals surface area (Å²) in [6, 6.07) is 0. The summed E-state index contributed by atoms with van der Waals surface area (Å²) in [5.74, 6) is 0. The summed E-state index contributed by atoms with van der Waals surface area (Å²) in [6.45, 7) is 4.14. The van der Waals surface area contributed by atoms with Crippen LogP contribution >= 0.6 is 0 Å². The summed E-state index contributed by atoms with van der Waals surface area (Å²) in [4.78, 5) is 0. The van der Waals surface area contributed by atoms with E-state index in [1.165, 1.54) is 0 Å². The van der Waals surface area contributed by atoms with Crippen LogP contribution in [0.4, 0.5) is 0 Å². The first kappa shape index (κ1) is 25.7. The first-order chi connectivity index (χ1) is 9.91. The molecule has 6 heteroatoms. The average molecular weight is 361 g/mol. The normalized spacial score (nSPS) is 14.4. The van der Waals surface area contributed by atoms with E-state index in [9.17, 15) is 18.1 Å². The van der Waals surface area contributed by atoms with Gasteiger partial charge in [-0.2, -0.15) is 0 Å². The minimum absolute atomic E-state index is 0. The second-order valence-electron chi connectivity index (χ2n) is 6.04. The molecule has 4 nitrogen and oxygen atoms in total. The summed E-state index contributed by atoms with van der Waals surface area (Å²) >= 11 is 0. The predicted molar refractivity (Wildman–Crippen MR) is 86.2 cm³/mol. The number of unbranched alkanes of at least 4 members (excludes halogenated alkanes) is 5. The Labute approximate surface area is 180 Å². The van der Waals surface area contributed by atoms with Gasteiger partial charge in [0.25, 0.3) is 0 Å². The Balaban J connectivity index is 0.